The van der Waals surface area contributed by atoms with E-state index in [0.717, 1.165) is 19.6 Å². The normalized spacial score (nSPS) is 24.7. The molecule has 94 valence electrons. The first-order valence-electron chi connectivity index (χ1n) is 6.32. The fourth-order valence-corrected chi connectivity index (χ4v) is 6.04. The Balaban J connectivity index is 1.90. The maximum atomic E-state index is 4.65. The average Bonchev–Trinajstić information content (AvgIpc) is 2.89. The summed E-state index contributed by atoms with van der Waals surface area (Å²) in [6.45, 7) is 3.04. The van der Waals surface area contributed by atoms with Gasteiger partial charge < -0.3 is 10.2 Å². The van der Waals surface area contributed by atoms with Gasteiger partial charge >= 0.3 is 0 Å². The average molecular weight is 277 g/mol. The summed E-state index contributed by atoms with van der Waals surface area (Å²) in [5.41, 5.74) is 2.79. The van der Waals surface area contributed by atoms with Crippen LogP contribution in [-0.4, -0.2) is 36.1 Å². The summed E-state index contributed by atoms with van der Waals surface area (Å²) >= 11 is 4.11. The summed E-state index contributed by atoms with van der Waals surface area (Å²) in [5.74, 6) is 3.64. The zero-order valence-electron chi connectivity index (χ0n) is 10.1. The molecule has 4 heterocycles. The zero-order chi connectivity index (χ0) is 12.0. The molecule has 0 amide bonds. The number of nitrogens with one attached hydrogen (secondary N) is 1. The fourth-order valence-electron chi connectivity index (χ4n) is 2.87. The van der Waals surface area contributed by atoms with Crippen molar-refractivity contribution < 1.29 is 0 Å². The second kappa shape index (κ2) is 4.18. The molecule has 0 bridgehead atoms. The quantitative estimate of drug-likeness (QED) is 0.783. The van der Waals surface area contributed by atoms with Gasteiger partial charge in [0, 0.05) is 48.6 Å². The molecule has 1 aromatic rings. The SMILES string of the molecule is C1=C2CNCCN2c2ncccc2C12SCCS2. The van der Waals surface area contributed by atoms with E-state index in [1.165, 1.54) is 28.6 Å². The van der Waals surface area contributed by atoms with Gasteiger partial charge in [-0.15, -0.1) is 23.5 Å². The number of nitrogens with zero attached hydrogens (tertiary/aromatic N) is 2. The Labute approximate surface area is 115 Å². The van der Waals surface area contributed by atoms with E-state index >= 15 is 0 Å². The highest BCUT2D eigenvalue weighted by Crippen LogP contribution is 2.57. The van der Waals surface area contributed by atoms with Crippen LogP contribution in [0.15, 0.2) is 30.1 Å². The smallest absolute Gasteiger partial charge is 0.138 e. The molecule has 3 aliphatic heterocycles. The molecule has 1 N–H and O–H groups in total. The lowest BCUT2D eigenvalue weighted by molar-refractivity contribution is 0.629. The zero-order valence-corrected chi connectivity index (χ0v) is 11.7. The van der Waals surface area contributed by atoms with Crippen molar-refractivity contribution in [3.05, 3.63) is 35.7 Å². The highest BCUT2D eigenvalue weighted by molar-refractivity contribution is 8.20. The summed E-state index contributed by atoms with van der Waals surface area (Å²) in [4.78, 5) is 7.04. The summed E-state index contributed by atoms with van der Waals surface area (Å²) in [7, 11) is 0. The molecule has 3 aliphatic rings. The van der Waals surface area contributed by atoms with Crippen LogP contribution in [0.2, 0.25) is 0 Å². The van der Waals surface area contributed by atoms with Crippen LogP contribution in [0.5, 0.6) is 0 Å². The number of anilines is 1. The Bertz CT molecular complexity index is 509. The molecule has 0 aromatic carbocycles. The third-order valence-electron chi connectivity index (χ3n) is 3.66. The van der Waals surface area contributed by atoms with Gasteiger partial charge in [0.1, 0.15) is 9.90 Å². The summed E-state index contributed by atoms with van der Waals surface area (Å²) in [5, 5.41) is 3.46. The summed E-state index contributed by atoms with van der Waals surface area (Å²) in [6, 6.07) is 4.32. The van der Waals surface area contributed by atoms with E-state index in [4.69, 9.17) is 0 Å². The van der Waals surface area contributed by atoms with Gasteiger partial charge in [-0.25, -0.2) is 4.98 Å². The van der Waals surface area contributed by atoms with Crippen LogP contribution in [-0.2, 0) is 4.08 Å². The Kier molecular flexibility index (Phi) is 2.60. The molecule has 0 radical (unpaired) electrons. The van der Waals surface area contributed by atoms with E-state index in [1.54, 1.807) is 0 Å². The molecular formula is C13H15N3S2. The molecule has 1 spiro atoms. The van der Waals surface area contributed by atoms with Crippen LogP contribution in [0.25, 0.3) is 0 Å². The van der Waals surface area contributed by atoms with E-state index in [2.05, 4.69) is 56.9 Å². The summed E-state index contributed by atoms with van der Waals surface area (Å²) < 4.78 is 0.119. The molecule has 0 unspecified atom stereocenters. The van der Waals surface area contributed by atoms with Crippen LogP contribution < -0.4 is 10.2 Å². The van der Waals surface area contributed by atoms with Gasteiger partial charge in [-0.1, -0.05) is 6.07 Å². The summed E-state index contributed by atoms with van der Waals surface area (Å²) in [6.07, 6.45) is 4.38. The van der Waals surface area contributed by atoms with Crippen molar-refractivity contribution >= 4 is 29.3 Å². The van der Waals surface area contributed by atoms with Crippen molar-refractivity contribution in [1.29, 1.82) is 0 Å². The Morgan fingerprint density at radius 3 is 3.11 bits per heavy atom. The molecule has 5 heteroatoms. The van der Waals surface area contributed by atoms with Crippen molar-refractivity contribution in [2.24, 2.45) is 0 Å². The molecule has 3 nitrogen and oxygen atoms in total. The van der Waals surface area contributed by atoms with E-state index < -0.39 is 0 Å². The van der Waals surface area contributed by atoms with E-state index in [0.29, 0.717) is 0 Å². The van der Waals surface area contributed by atoms with E-state index in [-0.39, 0.29) is 4.08 Å². The van der Waals surface area contributed by atoms with Gasteiger partial charge in [0.05, 0.1) is 0 Å². The van der Waals surface area contributed by atoms with Crippen molar-refractivity contribution in [3.8, 4) is 0 Å². The highest BCUT2D eigenvalue weighted by atomic mass is 32.2. The minimum absolute atomic E-state index is 0.119. The van der Waals surface area contributed by atoms with Crippen molar-refractivity contribution in [2.45, 2.75) is 4.08 Å². The van der Waals surface area contributed by atoms with E-state index in [1.807, 2.05) is 6.20 Å². The highest BCUT2D eigenvalue weighted by Gasteiger charge is 2.43. The number of hydrogen-bond donors (Lipinski definition) is 1. The first kappa shape index (κ1) is 11.2. The third-order valence-corrected chi connectivity index (χ3v) is 6.97. The number of rotatable bonds is 0. The molecule has 18 heavy (non-hydrogen) atoms. The van der Waals surface area contributed by atoms with Gasteiger partial charge in [0.2, 0.25) is 0 Å². The van der Waals surface area contributed by atoms with Crippen LogP contribution in [0.4, 0.5) is 5.82 Å². The van der Waals surface area contributed by atoms with Crippen LogP contribution in [0.1, 0.15) is 5.56 Å². The maximum absolute atomic E-state index is 4.65. The minimum atomic E-state index is 0.119. The molecule has 0 saturated carbocycles. The van der Waals surface area contributed by atoms with Crippen LogP contribution >= 0.6 is 23.5 Å². The third kappa shape index (κ3) is 1.54. The first-order valence-corrected chi connectivity index (χ1v) is 8.30. The predicted octanol–water partition coefficient (Wildman–Crippen LogP) is 2.02. The topological polar surface area (TPSA) is 28.2 Å². The molecule has 0 aliphatic carbocycles. The second-order valence-electron chi connectivity index (χ2n) is 4.70. The number of fused-ring (bicyclic) bond motifs is 4. The molecule has 4 rings (SSSR count). The molecule has 2 saturated heterocycles. The fraction of sp³-hybridized carbons (Fsp3) is 0.462. The maximum Gasteiger partial charge on any atom is 0.138 e. The standard InChI is InChI=1S/C13H15N3S2/c1-2-11-12(15-3-1)16-5-4-14-9-10(16)8-13(11)17-6-7-18-13/h1-3,8,14H,4-7,9H2. The Hall–Kier alpha value is -0.650. The largest absolute Gasteiger partial charge is 0.327 e. The molecule has 0 atom stereocenters. The van der Waals surface area contributed by atoms with Crippen LogP contribution in [0.3, 0.4) is 0 Å². The van der Waals surface area contributed by atoms with Crippen LogP contribution in [0, 0.1) is 0 Å². The van der Waals surface area contributed by atoms with E-state index in [9.17, 15) is 0 Å². The van der Waals surface area contributed by atoms with Gasteiger partial charge in [0.15, 0.2) is 0 Å². The van der Waals surface area contributed by atoms with Gasteiger partial charge in [0.25, 0.3) is 0 Å². The molecular weight excluding hydrogens is 262 g/mol. The van der Waals surface area contributed by atoms with Crippen molar-refractivity contribution in [3.63, 3.8) is 0 Å². The van der Waals surface area contributed by atoms with Crippen molar-refractivity contribution in [2.75, 3.05) is 36.0 Å². The lowest BCUT2D eigenvalue weighted by Crippen LogP contribution is -2.45. The number of pyridine rings is 1. The minimum Gasteiger partial charge on any atom is -0.327 e. The Morgan fingerprint density at radius 1 is 1.33 bits per heavy atom. The monoisotopic (exact) mass is 277 g/mol. The number of thioether (sulfide) groups is 2. The van der Waals surface area contributed by atoms with Gasteiger partial charge in [-0.05, 0) is 12.1 Å². The first-order chi connectivity index (χ1) is 8.89. The number of aromatic nitrogens is 1. The van der Waals surface area contributed by atoms with Crippen molar-refractivity contribution in [1.82, 2.24) is 10.3 Å². The number of piperazine rings is 1. The predicted molar refractivity (Wildman–Crippen MR) is 79.1 cm³/mol. The van der Waals surface area contributed by atoms with Gasteiger partial charge in [-0.3, -0.25) is 0 Å². The lowest BCUT2D eigenvalue weighted by Gasteiger charge is -2.41. The molecule has 1 aromatic heterocycles. The Morgan fingerprint density at radius 2 is 2.22 bits per heavy atom. The lowest BCUT2D eigenvalue weighted by atomic mass is 10.0. The van der Waals surface area contributed by atoms with Gasteiger partial charge in [-0.2, -0.15) is 0 Å². The second-order valence-corrected chi connectivity index (χ2v) is 7.64. The number of hydrogen-bond acceptors (Lipinski definition) is 5. The molecule has 2 fully saturated rings.